The molecular formula is C12H24INO. The largest absolute Gasteiger partial charge is 0.356 e. The fraction of sp³-hybridized carbons (Fsp3) is 0.917. The number of nitrogens with one attached hydrogen (secondary N) is 1. The second kappa shape index (κ2) is 10.7. The zero-order chi connectivity index (χ0) is 11.5. The standard InChI is InChI=1S/C12H24INO/c1-3-11(2)10-12(15)14-9-7-5-4-6-8-13/h11H,3-10H2,1-2H3,(H,14,15). The molecule has 1 atom stereocenters. The molecule has 15 heavy (non-hydrogen) atoms. The maximum atomic E-state index is 11.4. The lowest BCUT2D eigenvalue weighted by molar-refractivity contribution is -0.121. The van der Waals surface area contributed by atoms with E-state index in [9.17, 15) is 4.79 Å². The molecule has 0 heterocycles. The molecule has 3 heteroatoms. The summed E-state index contributed by atoms with van der Waals surface area (Å²) in [6.45, 7) is 5.11. The summed E-state index contributed by atoms with van der Waals surface area (Å²) in [6, 6.07) is 0. The lowest BCUT2D eigenvalue weighted by atomic mass is 10.1. The maximum absolute atomic E-state index is 11.4. The normalized spacial score (nSPS) is 12.5. The number of rotatable bonds is 9. The van der Waals surface area contributed by atoms with Crippen molar-refractivity contribution in [3.05, 3.63) is 0 Å². The van der Waals surface area contributed by atoms with Gasteiger partial charge in [-0.25, -0.2) is 0 Å². The highest BCUT2D eigenvalue weighted by atomic mass is 127. The molecule has 0 saturated heterocycles. The predicted molar refractivity (Wildman–Crippen MR) is 74.4 cm³/mol. The third-order valence-corrected chi connectivity index (χ3v) is 3.38. The van der Waals surface area contributed by atoms with Gasteiger partial charge in [0.2, 0.25) is 5.91 Å². The van der Waals surface area contributed by atoms with Gasteiger partial charge in [-0.05, 0) is 23.2 Å². The van der Waals surface area contributed by atoms with Gasteiger partial charge in [-0.2, -0.15) is 0 Å². The second-order valence-corrected chi connectivity index (χ2v) is 5.25. The van der Waals surface area contributed by atoms with Crippen molar-refractivity contribution in [3.63, 3.8) is 0 Å². The van der Waals surface area contributed by atoms with Gasteiger partial charge in [0, 0.05) is 13.0 Å². The fourth-order valence-electron chi connectivity index (χ4n) is 1.33. The Morgan fingerprint density at radius 1 is 1.27 bits per heavy atom. The van der Waals surface area contributed by atoms with Crippen molar-refractivity contribution >= 4 is 28.5 Å². The van der Waals surface area contributed by atoms with Gasteiger partial charge in [0.15, 0.2) is 0 Å². The average molecular weight is 325 g/mol. The summed E-state index contributed by atoms with van der Waals surface area (Å²) in [7, 11) is 0. The third kappa shape index (κ3) is 10.5. The van der Waals surface area contributed by atoms with Crippen molar-refractivity contribution in [1.29, 1.82) is 0 Å². The Bertz CT molecular complexity index is 162. The molecule has 0 aromatic carbocycles. The minimum absolute atomic E-state index is 0.221. The molecule has 0 aliphatic rings. The van der Waals surface area contributed by atoms with Crippen molar-refractivity contribution < 1.29 is 4.79 Å². The molecule has 0 radical (unpaired) electrons. The Morgan fingerprint density at radius 3 is 2.53 bits per heavy atom. The lowest BCUT2D eigenvalue weighted by Crippen LogP contribution is -2.25. The van der Waals surface area contributed by atoms with Crippen LogP contribution < -0.4 is 5.32 Å². The molecule has 1 unspecified atom stereocenters. The van der Waals surface area contributed by atoms with Crippen LogP contribution in [0.1, 0.15) is 52.4 Å². The van der Waals surface area contributed by atoms with Crippen LogP contribution in [-0.2, 0) is 4.79 Å². The number of unbranched alkanes of at least 4 members (excludes halogenated alkanes) is 3. The number of amides is 1. The van der Waals surface area contributed by atoms with Crippen LogP contribution >= 0.6 is 22.6 Å². The molecule has 0 fully saturated rings. The van der Waals surface area contributed by atoms with E-state index in [1.165, 1.54) is 23.7 Å². The summed E-state index contributed by atoms with van der Waals surface area (Å²) in [6.07, 6.45) is 6.74. The zero-order valence-corrected chi connectivity index (χ0v) is 12.2. The fourth-order valence-corrected chi connectivity index (χ4v) is 1.87. The number of halogens is 1. The third-order valence-electron chi connectivity index (χ3n) is 2.61. The molecule has 0 aromatic heterocycles. The minimum Gasteiger partial charge on any atom is -0.356 e. The first-order chi connectivity index (χ1) is 7.20. The average Bonchev–Trinajstić information content (AvgIpc) is 2.23. The molecule has 0 saturated carbocycles. The van der Waals surface area contributed by atoms with Gasteiger partial charge in [0.1, 0.15) is 0 Å². The number of alkyl halides is 1. The van der Waals surface area contributed by atoms with E-state index in [0.717, 1.165) is 19.4 Å². The SMILES string of the molecule is CCC(C)CC(=O)NCCCCCCI. The highest BCUT2D eigenvalue weighted by molar-refractivity contribution is 14.1. The van der Waals surface area contributed by atoms with Gasteiger partial charge >= 0.3 is 0 Å². The van der Waals surface area contributed by atoms with Crippen LogP contribution in [0.5, 0.6) is 0 Å². The molecular weight excluding hydrogens is 301 g/mol. The second-order valence-electron chi connectivity index (χ2n) is 4.17. The molecule has 1 amide bonds. The van der Waals surface area contributed by atoms with Crippen molar-refractivity contribution in [2.75, 3.05) is 11.0 Å². The van der Waals surface area contributed by atoms with Crippen molar-refractivity contribution in [3.8, 4) is 0 Å². The topological polar surface area (TPSA) is 29.1 Å². The van der Waals surface area contributed by atoms with Crippen LogP contribution in [0, 0.1) is 5.92 Å². The van der Waals surface area contributed by atoms with E-state index < -0.39 is 0 Å². The molecule has 0 aliphatic carbocycles. The monoisotopic (exact) mass is 325 g/mol. The number of carbonyl (C=O) groups excluding carboxylic acids is 1. The Kier molecular flexibility index (Phi) is 10.9. The van der Waals surface area contributed by atoms with Gasteiger partial charge in [0.25, 0.3) is 0 Å². The van der Waals surface area contributed by atoms with Crippen LogP contribution in [0.15, 0.2) is 0 Å². The molecule has 90 valence electrons. The van der Waals surface area contributed by atoms with Crippen molar-refractivity contribution in [2.24, 2.45) is 5.92 Å². The van der Waals surface area contributed by atoms with Crippen LogP contribution in [-0.4, -0.2) is 16.9 Å². The first kappa shape index (κ1) is 15.2. The van der Waals surface area contributed by atoms with Crippen molar-refractivity contribution in [1.82, 2.24) is 5.32 Å². The molecule has 0 bridgehead atoms. The summed E-state index contributed by atoms with van der Waals surface area (Å²) < 4.78 is 1.25. The lowest BCUT2D eigenvalue weighted by Gasteiger charge is -2.08. The van der Waals surface area contributed by atoms with E-state index in [-0.39, 0.29) is 5.91 Å². The van der Waals surface area contributed by atoms with Crippen LogP contribution in [0.25, 0.3) is 0 Å². The molecule has 0 aromatic rings. The van der Waals surface area contributed by atoms with Gasteiger partial charge in [-0.3, -0.25) is 4.79 Å². The summed E-state index contributed by atoms with van der Waals surface area (Å²) in [5.74, 6) is 0.738. The van der Waals surface area contributed by atoms with Gasteiger partial charge in [0.05, 0.1) is 0 Å². The van der Waals surface area contributed by atoms with E-state index >= 15 is 0 Å². The van der Waals surface area contributed by atoms with Crippen LogP contribution in [0.4, 0.5) is 0 Å². The Labute approximate surface area is 108 Å². The van der Waals surface area contributed by atoms with Crippen LogP contribution in [0.2, 0.25) is 0 Å². The smallest absolute Gasteiger partial charge is 0.220 e. The van der Waals surface area contributed by atoms with E-state index in [2.05, 4.69) is 41.8 Å². The maximum Gasteiger partial charge on any atom is 0.220 e. The zero-order valence-electron chi connectivity index (χ0n) is 10.0. The van der Waals surface area contributed by atoms with Crippen LogP contribution in [0.3, 0.4) is 0 Å². The number of hydrogen-bond acceptors (Lipinski definition) is 1. The number of carbonyl (C=O) groups is 1. The Morgan fingerprint density at radius 2 is 1.93 bits per heavy atom. The highest BCUT2D eigenvalue weighted by Gasteiger charge is 2.05. The molecule has 2 nitrogen and oxygen atoms in total. The van der Waals surface area contributed by atoms with Gasteiger partial charge in [-0.1, -0.05) is 55.7 Å². The minimum atomic E-state index is 0.221. The first-order valence-corrected chi connectivity index (χ1v) is 7.56. The molecule has 0 rings (SSSR count). The van der Waals surface area contributed by atoms with Gasteiger partial charge in [-0.15, -0.1) is 0 Å². The first-order valence-electron chi connectivity index (χ1n) is 6.03. The summed E-state index contributed by atoms with van der Waals surface area (Å²) in [5, 5.41) is 2.98. The van der Waals surface area contributed by atoms with E-state index in [1.807, 2.05) is 0 Å². The van der Waals surface area contributed by atoms with E-state index in [1.54, 1.807) is 0 Å². The van der Waals surface area contributed by atoms with Crippen molar-refractivity contribution in [2.45, 2.75) is 52.4 Å². The van der Waals surface area contributed by atoms with E-state index in [0.29, 0.717) is 12.3 Å². The Balaban J connectivity index is 3.24. The summed E-state index contributed by atoms with van der Waals surface area (Å²) in [4.78, 5) is 11.4. The predicted octanol–water partition coefficient (Wildman–Crippen LogP) is 3.53. The summed E-state index contributed by atoms with van der Waals surface area (Å²) >= 11 is 2.41. The summed E-state index contributed by atoms with van der Waals surface area (Å²) in [5.41, 5.74) is 0. The molecule has 0 spiro atoms. The molecule has 1 N–H and O–H groups in total. The van der Waals surface area contributed by atoms with Gasteiger partial charge < -0.3 is 5.32 Å². The Hall–Kier alpha value is 0.200. The molecule has 0 aliphatic heterocycles. The highest BCUT2D eigenvalue weighted by Crippen LogP contribution is 2.06. The quantitative estimate of drug-likeness (QED) is 0.392. The number of hydrogen-bond donors (Lipinski definition) is 1. The van der Waals surface area contributed by atoms with E-state index in [4.69, 9.17) is 0 Å².